The Morgan fingerprint density at radius 2 is 1.82 bits per heavy atom. The van der Waals surface area contributed by atoms with Crippen LogP contribution >= 0.6 is 11.8 Å². The van der Waals surface area contributed by atoms with E-state index in [9.17, 15) is 0 Å². The second-order valence-electron chi connectivity index (χ2n) is 4.68. The fraction of sp³-hybridized carbons (Fsp3) is 0.538. The number of benzene rings is 1. The summed E-state index contributed by atoms with van der Waals surface area (Å²) in [5.74, 6) is 4.12. The van der Waals surface area contributed by atoms with Gasteiger partial charge in [-0.05, 0) is 26.0 Å². The number of anilines is 1. The highest BCUT2D eigenvalue weighted by molar-refractivity contribution is 7.99. The third-order valence-electron chi connectivity index (χ3n) is 3.32. The highest BCUT2D eigenvalue weighted by Gasteiger charge is 2.26. The van der Waals surface area contributed by atoms with E-state index in [4.69, 9.17) is 9.47 Å². The van der Waals surface area contributed by atoms with Crippen molar-refractivity contribution in [3.8, 4) is 11.5 Å². The van der Waals surface area contributed by atoms with E-state index < -0.39 is 0 Å². The van der Waals surface area contributed by atoms with Gasteiger partial charge in [-0.15, -0.1) is 0 Å². The second-order valence-corrected chi connectivity index (χ2v) is 5.76. The number of hydrogen-bond donors (Lipinski definition) is 0. The molecule has 0 spiro atoms. The van der Waals surface area contributed by atoms with Gasteiger partial charge in [-0.25, -0.2) is 0 Å². The Morgan fingerprint density at radius 1 is 1.12 bits per heavy atom. The molecule has 3 nitrogen and oxygen atoms in total. The second kappa shape index (κ2) is 4.33. The minimum absolute atomic E-state index is 0.347. The first-order chi connectivity index (χ1) is 8.25. The van der Waals surface area contributed by atoms with E-state index in [-0.39, 0.29) is 0 Å². The molecule has 0 aromatic heterocycles. The summed E-state index contributed by atoms with van der Waals surface area (Å²) < 4.78 is 10.8. The molecule has 4 heteroatoms. The molecule has 1 aromatic rings. The van der Waals surface area contributed by atoms with Crippen molar-refractivity contribution in [2.45, 2.75) is 25.9 Å². The van der Waals surface area contributed by atoms with Gasteiger partial charge in [0.25, 0.3) is 0 Å². The Kier molecular flexibility index (Phi) is 2.82. The van der Waals surface area contributed by atoms with Gasteiger partial charge in [-0.1, -0.05) is 0 Å². The Balaban J connectivity index is 1.92. The lowest BCUT2D eigenvalue weighted by Gasteiger charge is -2.40. The predicted molar refractivity (Wildman–Crippen MR) is 71.3 cm³/mol. The quantitative estimate of drug-likeness (QED) is 0.765. The zero-order valence-electron chi connectivity index (χ0n) is 10.2. The van der Waals surface area contributed by atoms with Gasteiger partial charge in [0.1, 0.15) is 0 Å². The molecule has 0 radical (unpaired) electrons. The van der Waals surface area contributed by atoms with Crippen LogP contribution in [0.5, 0.6) is 11.5 Å². The van der Waals surface area contributed by atoms with Gasteiger partial charge in [0, 0.05) is 35.3 Å². The summed E-state index contributed by atoms with van der Waals surface area (Å²) in [6.45, 7) is 4.92. The van der Waals surface area contributed by atoms with Crippen LogP contribution in [0.3, 0.4) is 0 Å². The molecule has 2 aliphatic heterocycles. The number of fused-ring (bicyclic) bond motifs is 1. The van der Waals surface area contributed by atoms with Crippen molar-refractivity contribution < 1.29 is 9.47 Å². The van der Waals surface area contributed by atoms with Crippen LogP contribution < -0.4 is 14.4 Å². The molecule has 1 fully saturated rings. The smallest absolute Gasteiger partial charge is 0.231 e. The van der Waals surface area contributed by atoms with Crippen LogP contribution in [0, 0.1) is 0 Å². The molecule has 1 saturated heterocycles. The number of nitrogens with zero attached hydrogens (tertiary/aromatic N) is 1. The molecule has 2 unspecified atom stereocenters. The summed E-state index contributed by atoms with van der Waals surface area (Å²) in [5.41, 5.74) is 1.24. The SMILES string of the molecule is CC1CSCC(C)N1c1ccc2c(c1)OCO2. The molecular formula is C13H17NO2S. The van der Waals surface area contributed by atoms with Crippen LogP contribution in [0.1, 0.15) is 13.8 Å². The van der Waals surface area contributed by atoms with E-state index in [0.717, 1.165) is 11.5 Å². The Hall–Kier alpha value is -1.03. The molecule has 92 valence electrons. The van der Waals surface area contributed by atoms with Gasteiger partial charge < -0.3 is 14.4 Å². The molecular weight excluding hydrogens is 234 g/mol. The highest BCUT2D eigenvalue weighted by Crippen LogP contribution is 2.37. The van der Waals surface area contributed by atoms with Gasteiger partial charge in [-0.2, -0.15) is 11.8 Å². The molecule has 2 aliphatic rings. The third kappa shape index (κ3) is 1.95. The minimum atomic E-state index is 0.347. The van der Waals surface area contributed by atoms with Crippen LogP contribution in [0.2, 0.25) is 0 Å². The molecule has 0 bridgehead atoms. The molecule has 0 saturated carbocycles. The molecule has 17 heavy (non-hydrogen) atoms. The Bertz CT molecular complexity index is 414. The summed E-state index contributed by atoms with van der Waals surface area (Å²) in [5, 5.41) is 0. The van der Waals surface area contributed by atoms with Crippen molar-refractivity contribution in [2.24, 2.45) is 0 Å². The highest BCUT2D eigenvalue weighted by atomic mass is 32.2. The number of hydrogen-bond acceptors (Lipinski definition) is 4. The van der Waals surface area contributed by atoms with E-state index >= 15 is 0 Å². The normalized spacial score (nSPS) is 27.3. The summed E-state index contributed by atoms with van der Waals surface area (Å²) >= 11 is 2.04. The largest absolute Gasteiger partial charge is 0.454 e. The number of rotatable bonds is 1. The van der Waals surface area contributed by atoms with Crippen LogP contribution in [0.15, 0.2) is 18.2 Å². The van der Waals surface area contributed by atoms with Crippen LogP contribution in [0.25, 0.3) is 0 Å². The van der Waals surface area contributed by atoms with E-state index in [1.54, 1.807) is 0 Å². The first-order valence-electron chi connectivity index (χ1n) is 6.01. The van der Waals surface area contributed by atoms with Gasteiger partial charge in [0.15, 0.2) is 11.5 Å². The van der Waals surface area contributed by atoms with Crippen molar-refractivity contribution >= 4 is 17.4 Å². The standard InChI is InChI=1S/C13H17NO2S/c1-9-6-17-7-10(2)14(9)11-3-4-12-13(5-11)16-8-15-12/h3-5,9-10H,6-8H2,1-2H3. The molecule has 0 amide bonds. The molecule has 3 rings (SSSR count). The zero-order chi connectivity index (χ0) is 11.8. The monoisotopic (exact) mass is 251 g/mol. The van der Waals surface area contributed by atoms with Gasteiger partial charge in [-0.3, -0.25) is 0 Å². The average Bonchev–Trinajstić information content (AvgIpc) is 2.76. The maximum Gasteiger partial charge on any atom is 0.231 e. The van der Waals surface area contributed by atoms with E-state index in [1.165, 1.54) is 17.2 Å². The van der Waals surface area contributed by atoms with Crippen molar-refractivity contribution in [3.63, 3.8) is 0 Å². The lowest BCUT2D eigenvalue weighted by Crippen LogP contribution is -2.46. The molecule has 0 aliphatic carbocycles. The van der Waals surface area contributed by atoms with Gasteiger partial charge >= 0.3 is 0 Å². The van der Waals surface area contributed by atoms with Crippen molar-refractivity contribution in [2.75, 3.05) is 23.2 Å². The Labute approximate surface area is 106 Å². The molecule has 2 atom stereocenters. The van der Waals surface area contributed by atoms with E-state index in [2.05, 4.69) is 30.9 Å². The van der Waals surface area contributed by atoms with E-state index in [1.807, 2.05) is 17.8 Å². The van der Waals surface area contributed by atoms with Gasteiger partial charge in [0.2, 0.25) is 6.79 Å². The van der Waals surface area contributed by atoms with Crippen LogP contribution in [-0.4, -0.2) is 30.4 Å². The van der Waals surface area contributed by atoms with Crippen LogP contribution in [0.4, 0.5) is 5.69 Å². The third-order valence-corrected chi connectivity index (χ3v) is 4.76. The fourth-order valence-electron chi connectivity index (χ4n) is 2.56. The summed E-state index contributed by atoms with van der Waals surface area (Å²) in [6, 6.07) is 7.40. The summed E-state index contributed by atoms with van der Waals surface area (Å²) in [6.07, 6.45) is 0. The molecule has 0 N–H and O–H groups in total. The number of thioether (sulfide) groups is 1. The molecule has 1 aromatic carbocycles. The zero-order valence-corrected chi connectivity index (χ0v) is 11.0. The lowest BCUT2D eigenvalue weighted by atomic mass is 10.1. The molecule has 2 heterocycles. The summed E-state index contributed by atoms with van der Waals surface area (Å²) in [7, 11) is 0. The van der Waals surface area contributed by atoms with Crippen molar-refractivity contribution in [1.29, 1.82) is 0 Å². The fourth-order valence-corrected chi connectivity index (χ4v) is 3.70. The van der Waals surface area contributed by atoms with E-state index in [0.29, 0.717) is 18.9 Å². The maximum atomic E-state index is 5.45. The first-order valence-corrected chi connectivity index (χ1v) is 7.17. The average molecular weight is 251 g/mol. The van der Waals surface area contributed by atoms with Crippen molar-refractivity contribution in [1.82, 2.24) is 0 Å². The first kappa shape index (κ1) is 11.1. The van der Waals surface area contributed by atoms with Crippen LogP contribution in [-0.2, 0) is 0 Å². The summed E-state index contributed by atoms with van der Waals surface area (Å²) in [4.78, 5) is 2.48. The Morgan fingerprint density at radius 3 is 2.59 bits per heavy atom. The van der Waals surface area contributed by atoms with Gasteiger partial charge in [0.05, 0.1) is 0 Å². The maximum absolute atomic E-state index is 5.45. The minimum Gasteiger partial charge on any atom is -0.454 e. The lowest BCUT2D eigenvalue weighted by molar-refractivity contribution is 0.174. The van der Waals surface area contributed by atoms with Crippen molar-refractivity contribution in [3.05, 3.63) is 18.2 Å². The number of ether oxygens (including phenoxy) is 2. The topological polar surface area (TPSA) is 21.7 Å². The predicted octanol–water partition coefficient (Wildman–Crippen LogP) is 2.75.